The molecule has 1 fully saturated rings. The predicted octanol–water partition coefficient (Wildman–Crippen LogP) is 5.48. The van der Waals surface area contributed by atoms with Crippen molar-refractivity contribution in [3.05, 3.63) is 51.6 Å². The molecule has 5 heteroatoms. The third-order valence-electron chi connectivity index (χ3n) is 6.81. The summed E-state index contributed by atoms with van der Waals surface area (Å²) in [4.78, 5) is 30.1. The minimum Gasteiger partial charge on any atom is -0.374 e. The fourth-order valence-corrected chi connectivity index (χ4v) is 5.12. The monoisotopic (exact) mass is 442 g/mol. The first-order valence-electron chi connectivity index (χ1n) is 11.3. The highest BCUT2D eigenvalue weighted by Crippen LogP contribution is 2.31. The summed E-state index contributed by atoms with van der Waals surface area (Å²) >= 11 is 6.43. The van der Waals surface area contributed by atoms with Gasteiger partial charge in [0.15, 0.2) is 11.6 Å². The van der Waals surface area contributed by atoms with E-state index < -0.39 is 0 Å². The van der Waals surface area contributed by atoms with E-state index in [1.165, 1.54) is 12.8 Å². The first-order chi connectivity index (χ1) is 14.7. The van der Waals surface area contributed by atoms with Gasteiger partial charge in [0.1, 0.15) is 0 Å². The summed E-state index contributed by atoms with van der Waals surface area (Å²) in [6.07, 6.45) is 7.00. The molecule has 1 aliphatic heterocycles. The average molecular weight is 443 g/mol. The summed E-state index contributed by atoms with van der Waals surface area (Å²) < 4.78 is 0. The SMILES string of the molecule is CC1=CC(=O)C(CCC(=O)c2cc(Cl)cc(N(C)CC3CCN(C)CC3)c2C)C(C)=C1. The van der Waals surface area contributed by atoms with Crippen molar-refractivity contribution in [3.63, 3.8) is 0 Å². The molecule has 0 radical (unpaired) electrons. The highest BCUT2D eigenvalue weighted by Gasteiger charge is 2.25. The van der Waals surface area contributed by atoms with Gasteiger partial charge in [-0.15, -0.1) is 0 Å². The maximum atomic E-state index is 13.1. The van der Waals surface area contributed by atoms with Crippen molar-refractivity contribution in [2.45, 2.75) is 46.5 Å². The van der Waals surface area contributed by atoms with Crippen LogP contribution in [-0.4, -0.2) is 50.2 Å². The molecule has 0 amide bonds. The van der Waals surface area contributed by atoms with Crippen LogP contribution < -0.4 is 4.90 Å². The Balaban J connectivity index is 1.70. The molecule has 4 nitrogen and oxygen atoms in total. The van der Waals surface area contributed by atoms with Crippen LogP contribution in [0.15, 0.2) is 35.4 Å². The van der Waals surface area contributed by atoms with E-state index in [4.69, 9.17) is 11.6 Å². The van der Waals surface area contributed by atoms with E-state index in [2.05, 4.69) is 23.9 Å². The van der Waals surface area contributed by atoms with Crippen LogP contribution in [-0.2, 0) is 4.79 Å². The molecule has 1 aromatic carbocycles. The number of carbonyl (C=O) groups excluding carboxylic acids is 2. The van der Waals surface area contributed by atoms with Crippen LogP contribution in [0.3, 0.4) is 0 Å². The molecule has 1 unspecified atom stereocenters. The summed E-state index contributed by atoms with van der Waals surface area (Å²) in [5, 5.41) is 0.586. The number of allylic oxidation sites excluding steroid dienone is 4. The number of carbonyl (C=O) groups is 2. The summed E-state index contributed by atoms with van der Waals surface area (Å²) in [5.41, 5.74) is 4.70. The largest absolute Gasteiger partial charge is 0.374 e. The average Bonchev–Trinajstić information content (AvgIpc) is 2.70. The van der Waals surface area contributed by atoms with Crippen molar-refractivity contribution in [3.8, 4) is 0 Å². The van der Waals surface area contributed by atoms with Crippen molar-refractivity contribution < 1.29 is 9.59 Å². The van der Waals surface area contributed by atoms with Gasteiger partial charge in [-0.3, -0.25) is 9.59 Å². The topological polar surface area (TPSA) is 40.6 Å². The second-order valence-electron chi connectivity index (χ2n) is 9.42. The van der Waals surface area contributed by atoms with E-state index in [1.54, 1.807) is 12.1 Å². The van der Waals surface area contributed by atoms with Crippen LogP contribution in [0, 0.1) is 18.8 Å². The number of hydrogen-bond donors (Lipinski definition) is 0. The summed E-state index contributed by atoms with van der Waals surface area (Å²) in [6, 6.07) is 3.75. The molecule has 0 bridgehead atoms. The number of rotatable bonds is 7. The number of nitrogens with zero attached hydrogens (tertiary/aromatic N) is 2. The minimum atomic E-state index is -0.196. The lowest BCUT2D eigenvalue weighted by atomic mass is 9.84. The molecule has 1 heterocycles. The Bertz CT molecular complexity index is 910. The quantitative estimate of drug-likeness (QED) is 0.524. The number of hydrogen-bond acceptors (Lipinski definition) is 4. The van der Waals surface area contributed by atoms with Gasteiger partial charge in [-0.2, -0.15) is 0 Å². The van der Waals surface area contributed by atoms with E-state index in [0.717, 1.165) is 42.0 Å². The lowest BCUT2D eigenvalue weighted by Gasteiger charge is -2.33. The number of Topliss-reactive ketones (excluding diaryl/α,β-unsaturated/α-hetero) is 1. The fourth-order valence-electron chi connectivity index (χ4n) is 4.91. The Morgan fingerprint density at radius 3 is 2.48 bits per heavy atom. The minimum absolute atomic E-state index is 0.0563. The maximum Gasteiger partial charge on any atom is 0.163 e. The number of benzene rings is 1. The molecular formula is C26H35ClN2O2. The van der Waals surface area contributed by atoms with Crippen LogP contribution in [0.4, 0.5) is 5.69 Å². The summed E-state index contributed by atoms with van der Waals surface area (Å²) in [7, 11) is 4.27. The Hall–Kier alpha value is -1.91. The number of piperidine rings is 1. The normalized spacial score (nSPS) is 20.5. The molecule has 1 atom stereocenters. The van der Waals surface area contributed by atoms with Gasteiger partial charge in [-0.25, -0.2) is 0 Å². The van der Waals surface area contributed by atoms with Gasteiger partial charge in [-0.05, 0) is 95.4 Å². The first kappa shape index (κ1) is 23.7. The van der Waals surface area contributed by atoms with Crippen molar-refractivity contribution in [1.82, 2.24) is 4.90 Å². The molecule has 3 rings (SSSR count). The Labute approximate surface area is 191 Å². The van der Waals surface area contributed by atoms with Gasteiger partial charge in [0.25, 0.3) is 0 Å². The molecule has 1 aromatic rings. The molecule has 31 heavy (non-hydrogen) atoms. The Kier molecular flexibility index (Phi) is 7.77. The number of ketones is 2. The van der Waals surface area contributed by atoms with Crippen LogP contribution in [0.2, 0.25) is 5.02 Å². The Morgan fingerprint density at radius 1 is 1.16 bits per heavy atom. The van der Waals surface area contributed by atoms with Gasteiger partial charge >= 0.3 is 0 Å². The van der Waals surface area contributed by atoms with E-state index in [-0.39, 0.29) is 17.5 Å². The van der Waals surface area contributed by atoms with E-state index in [0.29, 0.717) is 29.3 Å². The highest BCUT2D eigenvalue weighted by atomic mass is 35.5. The van der Waals surface area contributed by atoms with Gasteiger partial charge in [0.05, 0.1) is 0 Å². The van der Waals surface area contributed by atoms with Crippen molar-refractivity contribution >= 4 is 28.9 Å². The zero-order valence-corrected chi connectivity index (χ0v) is 20.3. The lowest BCUT2D eigenvalue weighted by molar-refractivity contribution is -0.117. The second kappa shape index (κ2) is 10.1. The molecule has 168 valence electrons. The molecule has 0 N–H and O–H groups in total. The zero-order chi connectivity index (χ0) is 22.7. The predicted molar refractivity (Wildman–Crippen MR) is 129 cm³/mol. The smallest absolute Gasteiger partial charge is 0.163 e. The molecular weight excluding hydrogens is 408 g/mol. The van der Waals surface area contributed by atoms with Crippen LogP contribution in [0.25, 0.3) is 0 Å². The number of halogens is 1. The van der Waals surface area contributed by atoms with Crippen LogP contribution in [0.1, 0.15) is 55.5 Å². The van der Waals surface area contributed by atoms with Gasteiger partial charge in [0.2, 0.25) is 0 Å². The molecule has 1 saturated heterocycles. The number of anilines is 1. The summed E-state index contributed by atoms with van der Waals surface area (Å²) in [5.74, 6) is 0.619. The van der Waals surface area contributed by atoms with Gasteiger partial charge in [-0.1, -0.05) is 23.3 Å². The third-order valence-corrected chi connectivity index (χ3v) is 7.02. The molecule has 2 aliphatic rings. The lowest BCUT2D eigenvalue weighted by Crippen LogP contribution is -2.36. The standard InChI is InChI=1S/C26H35ClN2O2/c1-17-12-18(2)22(26(31)13-17)6-7-25(30)23-14-21(27)15-24(19(23)3)29(5)16-20-8-10-28(4)11-9-20/h12-15,20,22H,6-11,16H2,1-5H3. The number of likely N-dealkylation sites (tertiary alicyclic amines) is 1. The molecule has 1 aliphatic carbocycles. The molecule has 0 saturated carbocycles. The van der Waals surface area contributed by atoms with E-state index in [1.807, 2.05) is 32.9 Å². The fraction of sp³-hybridized carbons (Fsp3) is 0.538. The molecule has 0 spiro atoms. The van der Waals surface area contributed by atoms with E-state index >= 15 is 0 Å². The third kappa shape index (κ3) is 5.87. The van der Waals surface area contributed by atoms with Gasteiger partial charge < -0.3 is 9.80 Å². The highest BCUT2D eigenvalue weighted by molar-refractivity contribution is 6.31. The maximum absolute atomic E-state index is 13.1. The first-order valence-corrected chi connectivity index (χ1v) is 11.7. The van der Waals surface area contributed by atoms with Crippen LogP contribution >= 0.6 is 11.6 Å². The molecule has 0 aromatic heterocycles. The zero-order valence-electron chi connectivity index (χ0n) is 19.5. The van der Waals surface area contributed by atoms with Crippen LogP contribution in [0.5, 0.6) is 0 Å². The van der Waals surface area contributed by atoms with Crippen molar-refractivity contribution in [1.29, 1.82) is 0 Å². The second-order valence-corrected chi connectivity index (χ2v) is 9.85. The van der Waals surface area contributed by atoms with Crippen molar-refractivity contribution in [2.75, 3.05) is 38.6 Å². The summed E-state index contributed by atoms with van der Waals surface area (Å²) in [6.45, 7) is 9.16. The van der Waals surface area contributed by atoms with Gasteiger partial charge in [0, 0.05) is 42.2 Å². The van der Waals surface area contributed by atoms with E-state index in [9.17, 15) is 9.59 Å². The van der Waals surface area contributed by atoms with Crippen molar-refractivity contribution in [2.24, 2.45) is 11.8 Å². The Morgan fingerprint density at radius 2 is 1.84 bits per heavy atom.